The van der Waals surface area contributed by atoms with Gasteiger partial charge in [0, 0.05) is 22.6 Å². The van der Waals surface area contributed by atoms with Gasteiger partial charge in [-0.05, 0) is 35.7 Å². The topological polar surface area (TPSA) is 59.0 Å². The molecule has 2 heterocycles. The quantitative estimate of drug-likeness (QED) is 0.461. The van der Waals surface area contributed by atoms with Crippen molar-refractivity contribution in [1.82, 2.24) is 9.78 Å². The van der Waals surface area contributed by atoms with Crippen LogP contribution in [-0.4, -0.2) is 21.9 Å². The van der Waals surface area contributed by atoms with Crippen molar-refractivity contribution in [2.75, 3.05) is 10.6 Å². The Morgan fingerprint density at radius 1 is 1.23 bits per heavy atom. The third kappa shape index (κ3) is 4.46. The van der Waals surface area contributed by atoms with Crippen LogP contribution >= 0.6 is 15.9 Å². The van der Waals surface area contributed by atoms with E-state index in [2.05, 4.69) is 31.7 Å². The van der Waals surface area contributed by atoms with Crippen LogP contribution in [0.4, 0.5) is 24.7 Å². The minimum atomic E-state index is -4.50. The van der Waals surface area contributed by atoms with E-state index in [-0.39, 0.29) is 17.9 Å². The molecule has 162 valence electrons. The van der Waals surface area contributed by atoms with E-state index < -0.39 is 24.2 Å². The van der Waals surface area contributed by atoms with Crippen LogP contribution in [0.5, 0.6) is 0 Å². The van der Waals surface area contributed by atoms with Crippen molar-refractivity contribution in [2.24, 2.45) is 0 Å². The Bertz CT molecular complexity index is 1090. The van der Waals surface area contributed by atoms with Crippen LogP contribution < -0.4 is 10.6 Å². The molecule has 2 aromatic carbocycles. The highest BCUT2D eigenvalue weighted by Crippen LogP contribution is 2.43. The van der Waals surface area contributed by atoms with E-state index in [1.165, 1.54) is 6.07 Å². The normalized spacial score (nSPS) is 18.2. The smallest absolute Gasteiger partial charge is 0.363 e. The molecule has 0 saturated carbocycles. The van der Waals surface area contributed by atoms with Gasteiger partial charge in [-0.3, -0.25) is 4.79 Å². The summed E-state index contributed by atoms with van der Waals surface area (Å²) in [7, 11) is 0. The highest BCUT2D eigenvalue weighted by molar-refractivity contribution is 9.10. The van der Waals surface area contributed by atoms with E-state index in [1.54, 1.807) is 36.4 Å². The fourth-order valence-corrected chi connectivity index (χ4v) is 4.00. The summed E-state index contributed by atoms with van der Waals surface area (Å²) in [5.41, 5.74) is 2.21. The van der Waals surface area contributed by atoms with Crippen molar-refractivity contribution in [3.8, 4) is 0 Å². The summed E-state index contributed by atoms with van der Waals surface area (Å²) in [5, 5.41) is 9.87. The van der Waals surface area contributed by atoms with Gasteiger partial charge < -0.3 is 10.6 Å². The van der Waals surface area contributed by atoms with Crippen LogP contribution in [0.25, 0.3) is 0 Å². The van der Waals surface area contributed by atoms with Gasteiger partial charge in [-0.15, -0.1) is 0 Å². The molecule has 1 amide bonds. The number of para-hydroxylation sites is 1. The predicted molar refractivity (Wildman–Crippen MR) is 116 cm³/mol. The van der Waals surface area contributed by atoms with E-state index in [9.17, 15) is 18.0 Å². The van der Waals surface area contributed by atoms with Gasteiger partial charge in [0.05, 0.1) is 6.04 Å². The Balaban J connectivity index is 1.64. The molecule has 0 bridgehead atoms. The Morgan fingerprint density at radius 3 is 2.61 bits per heavy atom. The fraction of sp³-hybridized carbons (Fsp3) is 0.273. The first-order valence-electron chi connectivity index (χ1n) is 9.83. The van der Waals surface area contributed by atoms with Crippen molar-refractivity contribution < 1.29 is 18.0 Å². The number of carbonyl (C=O) groups is 1. The molecule has 0 fully saturated rings. The molecule has 0 unspecified atom stereocenters. The molecule has 0 radical (unpaired) electrons. The molecule has 5 nitrogen and oxygen atoms in total. The van der Waals surface area contributed by atoms with E-state index >= 15 is 0 Å². The van der Waals surface area contributed by atoms with Gasteiger partial charge in [-0.1, -0.05) is 53.2 Å². The summed E-state index contributed by atoms with van der Waals surface area (Å²) in [5.74, 6) is -0.388. The second-order valence-electron chi connectivity index (χ2n) is 7.37. The van der Waals surface area contributed by atoms with E-state index in [1.807, 2.05) is 19.1 Å². The van der Waals surface area contributed by atoms with Crippen molar-refractivity contribution in [3.63, 3.8) is 0 Å². The molecule has 3 aromatic rings. The SMILES string of the molecule is CCc1ccccc1NC(=O)c1cc2n(n1)[C@@H](C(F)(F)F)C[C@H](c1ccc(Br)cc1)N2. The largest absolute Gasteiger partial charge is 0.410 e. The molecule has 31 heavy (non-hydrogen) atoms. The fourth-order valence-electron chi connectivity index (χ4n) is 3.74. The van der Waals surface area contributed by atoms with E-state index in [0.29, 0.717) is 12.1 Å². The van der Waals surface area contributed by atoms with Crippen molar-refractivity contribution in [1.29, 1.82) is 0 Å². The standard InChI is InChI=1S/C22H20BrF3N4O/c1-2-13-5-3-4-6-16(13)28-21(31)18-12-20-27-17(14-7-9-15(23)10-8-14)11-19(22(24,25)26)30(20)29-18/h3-10,12,17,19,27H,2,11H2,1H3,(H,28,31)/t17-,19-/m1/s1. The molecule has 9 heteroatoms. The Labute approximate surface area is 185 Å². The van der Waals surface area contributed by atoms with Gasteiger partial charge >= 0.3 is 6.18 Å². The van der Waals surface area contributed by atoms with Gasteiger partial charge in [-0.25, -0.2) is 4.68 Å². The van der Waals surface area contributed by atoms with Gasteiger partial charge in [-0.2, -0.15) is 18.3 Å². The first-order valence-corrected chi connectivity index (χ1v) is 10.6. The molecular formula is C22H20BrF3N4O. The van der Waals surface area contributed by atoms with Crippen molar-refractivity contribution in [3.05, 3.63) is 75.9 Å². The number of anilines is 2. The highest BCUT2D eigenvalue weighted by Gasteiger charge is 2.46. The third-order valence-corrected chi connectivity index (χ3v) is 5.87. The summed E-state index contributed by atoms with van der Waals surface area (Å²) in [6, 6.07) is 13.4. The van der Waals surface area contributed by atoms with E-state index in [0.717, 1.165) is 20.3 Å². The molecule has 4 rings (SSSR count). The number of halogens is 4. The minimum Gasteiger partial charge on any atom is -0.363 e. The van der Waals surface area contributed by atoms with Crippen LogP contribution in [0.2, 0.25) is 0 Å². The second kappa shape index (κ2) is 8.37. The number of alkyl halides is 3. The molecule has 2 atom stereocenters. The number of fused-ring (bicyclic) bond motifs is 1. The van der Waals surface area contributed by atoms with Gasteiger partial charge in [0.1, 0.15) is 5.82 Å². The number of amides is 1. The lowest BCUT2D eigenvalue weighted by molar-refractivity contribution is -0.173. The number of aromatic nitrogens is 2. The van der Waals surface area contributed by atoms with Crippen molar-refractivity contribution in [2.45, 2.75) is 38.0 Å². The predicted octanol–water partition coefficient (Wildman–Crippen LogP) is 6.12. The number of carbonyl (C=O) groups excluding carboxylic acids is 1. The molecule has 1 aliphatic rings. The second-order valence-corrected chi connectivity index (χ2v) is 8.28. The average Bonchev–Trinajstić information content (AvgIpc) is 3.17. The number of benzene rings is 2. The van der Waals surface area contributed by atoms with Crippen LogP contribution in [0.3, 0.4) is 0 Å². The number of nitrogens with one attached hydrogen (secondary N) is 2. The molecule has 0 spiro atoms. The summed E-state index contributed by atoms with van der Waals surface area (Å²) in [6.07, 6.45) is -4.01. The average molecular weight is 493 g/mol. The first kappa shape index (κ1) is 21.4. The zero-order valence-electron chi connectivity index (χ0n) is 16.6. The lowest BCUT2D eigenvalue weighted by Gasteiger charge is -2.33. The number of hydrogen-bond acceptors (Lipinski definition) is 3. The van der Waals surface area contributed by atoms with Gasteiger partial charge in [0.25, 0.3) is 5.91 Å². The third-order valence-electron chi connectivity index (χ3n) is 5.34. The molecular weight excluding hydrogens is 473 g/mol. The zero-order valence-corrected chi connectivity index (χ0v) is 18.2. The zero-order chi connectivity index (χ0) is 22.2. The summed E-state index contributed by atoms with van der Waals surface area (Å²) in [6.45, 7) is 1.96. The Kier molecular flexibility index (Phi) is 5.79. The molecule has 0 saturated heterocycles. The first-order chi connectivity index (χ1) is 14.8. The maximum Gasteiger partial charge on any atom is 0.410 e. The maximum absolute atomic E-state index is 13.8. The van der Waals surface area contributed by atoms with Crippen molar-refractivity contribution >= 4 is 33.3 Å². The highest BCUT2D eigenvalue weighted by atomic mass is 79.9. The van der Waals surface area contributed by atoms with Gasteiger partial charge in [0.15, 0.2) is 11.7 Å². The monoisotopic (exact) mass is 492 g/mol. The summed E-state index contributed by atoms with van der Waals surface area (Å²) < 4.78 is 43.2. The number of rotatable bonds is 4. The van der Waals surface area contributed by atoms with Crippen LogP contribution in [-0.2, 0) is 6.42 Å². The van der Waals surface area contributed by atoms with E-state index in [4.69, 9.17) is 0 Å². The lowest BCUT2D eigenvalue weighted by atomic mass is 9.97. The summed E-state index contributed by atoms with van der Waals surface area (Å²) >= 11 is 3.34. The summed E-state index contributed by atoms with van der Waals surface area (Å²) in [4.78, 5) is 12.7. The Hall–Kier alpha value is -2.81. The Morgan fingerprint density at radius 2 is 1.94 bits per heavy atom. The maximum atomic E-state index is 13.8. The molecule has 1 aromatic heterocycles. The molecule has 2 N–H and O–H groups in total. The van der Waals surface area contributed by atoms with Gasteiger partial charge in [0.2, 0.25) is 0 Å². The minimum absolute atomic E-state index is 0.0703. The number of hydrogen-bond donors (Lipinski definition) is 2. The molecule has 0 aliphatic carbocycles. The van der Waals surface area contributed by atoms with Crippen LogP contribution in [0.15, 0.2) is 59.1 Å². The van der Waals surface area contributed by atoms with Crippen LogP contribution in [0.1, 0.15) is 47.0 Å². The van der Waals surface area contributed by atoms with Crippen LogP contribution in [0, 0.1) is 0 Å². The number of aryl methyl sites for hydroxylation is 1. The molecule has 1 aliphatic heterocycles. The lowest BCUT2D eigenvalue weighted by Crippen LogP contribution is -2.35. The number of nitrogens with zero attached hydrogens (tertiary/aromatic N) is 2.